The molecule has 1 aromatic rings. The van der Waals surface area contributed by atoms with Gasteiger partial charge in [0, 0.05) is 18.1 Å². The summed E-state index contributed by atoms with van der Waals surface area (Å²) in [6, 6.07) is 0. The van der Waals surface area contributed by atoms with Crippen molar-refractivity contribution in [3.8, 4) is 0 Å². The van der Waals surface area contributed by atoms with Gasteiger partial charge in [-0.15, -0.1) is 0 Å². The van der Waals surface area contributed by atoms with Gasteiger partial charge in [-0.05, 0) is 19.4 Å². The van der Waals surface area contributed by atoms with Crippen molar-refractivity contribution in [3.63, 3.8) is 0 Å². The molecule has 17 heavy (non-hydrogen) atoms. The molecule has 0 aliphatic rings. The molecule has 1 heterocycles. The standard InChI is InChI=1S/C9H15F3N4S/c10-9(11,12)7-15-8(17-16-7)14-6-4-2-1-3-5-13/h1-6,13H2,(H,14,15,16). The highest BCUT2D eigenvalue weighted by Gasteiger charge is 2.35. The van der Waals surface area contributed by atoms with E-state index >= 15 is 0 Å². The number of aromatic nitrogens is 2. The molecule has 0 radical (unpaired) electrons. The molecule has 0 aliphatic carbocycles. The second-order valence-corrected chi connectivity index (χ2v) is 4.30. The zero-order chi connectivity index (χ0) is 12.7. The lowest BCUT2D eigenvalue weighted by Gasteiger charge is -2.02. The van der Waals surface area contributed by atoms with E-state index in [0.29, 0.717) is 13.1 Å². The first-order chi connectivity index (χ1) is 8.04. The molecule has 4 nitrogen and oxygen atoms in total. The van der Waals surface area contributed by atoms with Crippen LogP contribution in [0.3, 0.4) is 0 Å². The summed E-state index contributed by atoms with van der Waals surface area (Å²) in [5.74, 6) is -1.08. The minimum Gasteiger partial charge on any atom is -0.360 e. The Morgan fingerprint density at radius 1 is 1.18 bits per heavy atom. The molecule has 0 spiro atoms. The molecule has 0 amide bonds. The van der Waals surface area contributed by atoms with Crippen LogP contribution in [0.2, 0.25) is 0 Å². The van der Waals surface area contributed by atoms with E-state index < -0.39 is 12.0 Å². The Morgan fingerprint density at radius 3 is 2.47 bits per heavy atom. The monoisotopic (exact) mass is 268 g/mol. The van der Waals surface area contributed by atoms with E-state index in [4.69, 9.17) is 5.73 Å². The fraction of sp³-hybridized carbons (Fsp3) is 0.778. The van der Waals surface area contributed by atoms with Gasteiger partial charge in [-0.1, -0.05) is 12.8 Å². The van der Waals surface area contributed by atoms with Crippen molar-refractivity contribution in [2.75, 3.05) is 18.4 Å². The van der Waals surface area contributed by atoms with Crippen LogP contribution >= 0.6 is 11.5 Å². The number of alkyl halides is 3. The Labute approximate surface area is 102 Å². The Hall–Kier alpha value is -0.890. The minimum absolute atomic E-state index is 0.219. The lowest BCUT2D eigenvalue weighted by atomic mass is 10.2. The average molecular weight is 268 g/mol. The molecule has 0 fully saturated rings. The molecular formula is C9H15F3N4S. The van der Waals surface area contributed by atoms with Crippen LogP contribution in [0.4, 0.5) is 18.3 Å². The van der Waals surface area contributed by atoms with E-state index in [9.17, 15) is 13.2 Å². The van der Waals surface area contributed by atoms with Gasteiger partial charge in [-0.2, -0.15) is 22.5 Å². The van der Waals surface area contributed by atoms with Gasteiger partial charge in [0.05, 0.1) is 0 Å². The highest BCUT2D eigenvalue weighted by molar-refractivity contribution is 7.09. The molecule has 0 unspecified atom stereocenters. The summed E-state index contributed by atoms with van der Waals surface area (Å²) in [7, 11) is 0. The number of nitrogens with two attached hydrogens (primary N) is 1. The maximum absolute atomic E-state index is 12.2. The van der Waals surface area contributed by atoms with Crippen molar-refractivity contribution in [3.05, 3.63) is 5.82 Å². The van der Waals surface area contributed by atoms with E-state index in [0.717, 1.165) is 37.2 Å². The summed E-state index contributed by atoms with van der Waals surface area (Å²) >= 11 is 0.732. The predicted molar refractivity (Wildman–Crippen MR) is 60.9 cm³/mol. The number of anilines is 1. The summed E-state index contributed by atoms with van der Waals surface area (Å²) in [4.78, 5) is 3.37. The zero-order valence-electron chi connectivity index (χ0n) is 9.26. The third-order valence-corrected chi connectivity index (χ3v) is 2.76. The van der Waals surface area contributed by atoms with Crippen LogP contribution in [0.5, 0.6) is 0 Å². The van der Waals surface area contributed by atoms with Crippen molar-refractivity contribution >= 4 is 16.7 Å². The molecule has 1 rings (SSSR count). The third kappa shape index (κ3) is 5.31. The molecule has 0 saturated carbocycles. The highest BCUT2D eigenvalue weighted by atomic mass is 32.1. The van der Waals surface area contributed by atoms with Gasteiger partial charge in [0.2, 0.25) is 11.0 Å². The van der Waals surface area contributed by atoms with Crippen molar-refractivity contribution in [2.24, 2.45) is 5.73 Å². The molecule has 0 bridgehead atoms. The fourth-order valence-corrected chi connectivity index (χ4v) is 1.84. The van der Waals surface area contributed by atoms with Crippen LogP contribution in [0.1, 0.15) is 31.5 Å². The SMILES string of the molecule is NCCCCCCNc1nc(C(F)(F)F)ns1. The average Bonchev–Trinajstić information content (AvgIpc) is 2.71. The van der Waals surface area contributed by atoms with Crippen LogP contribution in [-0.4, -0.2) is 22.4 Å². The molecule has 0 aliphatic heterocycles. The van der Waals surface area contributed by atoms with Crippen LogP contribution in [0.25, 0.3) is 0 Å². The van der Waals surface area contributed by atoms with Crippen LogP contribution in [-0.2, 0) is 6.18 Å². The second-order valence-electron chi connectivity index (χ2n) is 3.55. The number of nitrogens with one attached hydrogen (secondary N) is 1. The van der Waals surface area contributed by atoms with Crippen molar-refractivity contribution in [2.45, 2.75) is 31.9 Å². The number of rotatable bonds is 7. The lowest BCUT2D eigenvalue weighted by molar-refractivity contribution is -0.144. The molecule has 0 saturated heterocycles. The fourth-order valence-electron chi connectivity index (χ4n) is 1.23. The van der Waals surface area contributed by atoms with E-state index in [1.807, 2.05) is 0 Å². The quantitative estimate of drug-likeness (QED) is 0.746. The van der Waals surface area contributed by atoms with Gasteiger partial charge in [-0.25, -0.2) is 0 Å². The number of nitrogens with zero attached hydrogens (tertiary/aromatic N) is 2. The van der Waals surface area contributed by atoms with Gasteiger partial charge in [0.25, 0.3) is 0 Å². The molecular weight excluding hydrogens is 253 g/mol. The van der Waals surface area contributed by atoms with Crippen molar-refractivity contribution < 1.29 is 13.2 Å². The van der Waals surface area contributed by atoms with E-state index in [1.54, 1.807) is 0 Å². The minimum atomic E-state index is -4.46. The van der Waals surface area contributed by atoms with E-state index in [2.05, 4.69) is 14.7 Å². The maximum Gasteiger partial charge on any atom is 0.452 e. The van der Waals surface area contributed by atoms with Gasteiger partial charge in [-0.3, -0.25) is 0 Å². The number of hydrogen-bond acceptors (Lipinski definition) is 5. The summed E-state index contributed by atoms with van der Waals surface area (Å²) in [5, 5.41) is 3.05. The highest BCUT2D eigenvalue weighted by Crippen LogP contribution is 2.28. The number of halogens is 3. The van der Waals surface area contributed by atoms with Crippen LogP contribution in [0.15, 0.2) is 0 Å². The topological polar surface area (TPSA) is 63.8 Å². The number of hydrogen-bond donors (Lipinski definition) is 2. The molecule has 0 atom stereocenters. The Morgan fingerprint density at radius 2 is 1.88 bits per heavy atom. The summed E-state index contributed by atoms with van der Waals surface area (Å²) in [5.41, 5.74) is 5.34. The smallest absolute Gasteiger partial charge is 0.360 e. The van der Waals surface area contributed by atoms with Crippen LogP contribution < -0.4 is 11.1 Å². The first-order valence-corrected chi connectivity index (χ1v) is 6.16. The first kappa shape index (κ1) is 14.2. The largest absolute Gasteiger partial charge is 0.452 e. The normalized spacial score (nSPS) is 11.8. The Bertz CT molecular complexity index is 326. The molecule has 1 aromatic heterocycles. The Balaban J connectivity index is 2.21. The van der Waals surface area contributed by atoms with Crippen molar-refractivity contribution in [1.29, 1.82) is 0 Å². The van der Waals surface area contributed by atoms with Crippen molar-refractivity contribution in [1.82, 2.24) is 9.36 Å². The second kappa shape index (κ2) is 6.75. The summed E-state index contributed by atoms with van der Waals surface area (Å²) in [6.07, 6.45) is -0.535. The molecule has 3 N–H and O–H groups in total. The lowest BCUT2D eigenvalue weighted by Crippen LogP contribution is -2.08. The third-order valence-electron chi connectivity index (χ3n) is 2.09. The van der Waals surface area contributed by atoms with Gasteiger partial charge in [0.1, 0.15) is 0 Å². The summed E-state index contributed by atoms with van der Waals surface area (Å²) < 4.78 is 39.8. The zero-order valence-corrected chi connectivity index (χ0v) is 10.1. The molecule has 98 valence electrons. The predicted octanol–water partition coefficient (Wildman–Crippen LogP) is 2.49. The van der Waals surface area contributed by atoms with E-state index in [-0.39, 0.29) is 5.13 Å². The summed E-state index contributed by atoms with van der Waals surface area (Å²) in [6.45, 7) is 1.29. The van der Waals surface area contributed by atoms with Gasteiger partial charge < -0.3 is 11.1 Å². The van der Waals surface area contributed by atoms with E-state index in [1.165, 1.54) is 0 Å². The number of unbranched alkanes of at least 4 members (excludes halogenated alkanes) is 3. The van der Waals surface area contributed by atoms with Gasteiger partial charge in [0.15, 0.2) is 0 Å². The molecule has 8 heteroatoms. The maximum atomic E-state index is 12.2. The molecule has 0 aromatic carbocycles. The Kier molecular flexibility index (Phi) is 5.63. The first-order valence-electron chi connectivity index (χ1n) is 5.39. The van der Waals surface area contributed by atoms with Gasteiger partial charge >= 0.3 is 6.18 Å². The van der Waals surface area contributed by atoms with Crippen LogP contribution in [0, 0.1) is 0 Å².